The van der Waals surface area contributed by atoms with E-state index in [1.807, 2.05) is 30.3 Å². The summed E-state index contributed by atoms with van der Waals surface area (Å²) in [5.74, 6) is 0. The third kappa shape index (κ3) is 4.20. The van der Waals surface area contributed by atoms with Crippen molar-refractivity contribution in [2.24, 2.45) is 0 Å². The van der Waals surface area contributed by atoms with Gasteiger partial charge in [0.25, 0.3) is 0 Å². The molecular weight excluding hydrogens is 356 g/mol. The van der Waals surface area contributed by atoms with Gasteiger partial charge in [0.1, 0.15) is 0 Å². The molecule has 0 bridgehead atoms. The quantitative estimate of drug-likeness (QED) is 0.753. The zero-order valence-corrected chi connectivity index (χ0v) is 14.1. The lowest BCUT2D eigenvalue weighted by Crippen LogP contribution is -2.28. The van der Waals surface area contributed by atoms with Crippen molar-refractivity contribution in [3.8, 4) is 0 Å². The first kappa shape index (κ1) is 15.3. The van der Waals surface area contributed by atoms with Crippen molar-refractivity contribution in [2.45, 2.75) is 13.5 Å². The molecule has 2 nitrogen and oxygen atoms in total. The van der Waals surface area contributed by atoms with Crippen molar-refractivity contribution >= 4 is 50.5 Å². The number of anilines is 1. The van der Waals surface area contributed by atoms with E-state index >= 15 is 0 Å². The van der Waals surface area contributed by atoms with Crippen LogP contribution in [0.5, 0.6) is 0 Å². The van der Waals surface area contributed by atoms with E-state index in [-0.39, 0.29) is 0 Å². The van der Waals surface area contributed by atoms with E-state index in [1.165, 1.54) is 11.1 Å². The van der Waals surface area contributed by atoms with Crippen LogP contribution in [0.3, 0.4) is 0 Å². The van der Waals surface area contributed by atoms with Crippen LogP contribution in [0.25, 0.3) is 0 Å². The predicted molar refractivity (Wildman–Crippen MR) is 93.4 cm³/mol. The SMILES string of the molecule is Cc1ccccc1CNC(=S)Nc1ccc(Br)c(Cl)c1. The molecule has 0 fully saturated rings. The molecule has 2 aromatic rings. The first-order chi connectivity index (χ1) is 9.56. The molecule has 0 saturated heterocycles. The van der Waals surface area contributed by atoms with E-state index in [9.17, 15) is 0 Å². The Morgan fingerprint density at radius 2 is 2.00 bits per heavy atom. The van der Waals surface area contributed by atoms with Crippen molar-refractivity contribution in [2.75, 3.05) is 5.32 Å². The number of thiocarbonyl (C=S) groups is 1. The highest BCUT2D eigenvalue weighted by molar-refractivity contribution is 9.10. The first-order valence-electron chi connectivity index (χ1n) is 6.10. The molecule has 0 aliphatic carbocycles. The monoisotopic (exact) mass is 368 g/mol. The summed E-state index contributed by atoms with van der Waals surface area (Å²) in [5, 5.41) is 7.53. The molecule has 2 aromatic carbocycles. The molecule has 0 aliphatic rings. The maximum atomic E-state index is 6.04. The van der Waals surface area contributed by atoms with Crippen molar-refractivity contribution in [3.05, 3.63) is 63.1 Å². The summed E-state index contributed by atoms with van der Waals surface area (Å²) in [5.41, 5.74) is 3.33. The minimum atomic E-state index is 0.576. The van der Waals surface area contributed by atoms with Gasteiger partial charge in [-0.2, -0.15) is 0 Å². The van der Waals surface area contributed by atoms with Gasteiger partial charge in [-0.3, -0.25) is 0 Å². The van der Waals surface area contributed by atoms with Crippen LogP contribution in [-0.4, -0.2) is 5.11 Å². The van der Waals surface area contributed by atoms with E-state index in [0.717, 1.165) is 10.2 Å². The van der Waals surface area contributed by atoms with Crippen molar-refractivity contribution in [1.82, 2.24) is 5.32 Å². The van der Waals surface area contributed by atoms with Gasteiger partial charge in [0, 0.05) is 16.7 Å². The van der Waals surface area contributed by atoms with Crippen LogP contribution in [0.4, 0.5) is 5.69 Å². The summed E-state index contributed by atoms with van der Waals surface area (Å²) in [6, 6.07) is 13.8. The van der Waals surface area contributed by atoms with Gasteiger partial charge >= 0.3 is 0 Å². The van der Waals surface area contributed by atoms with Gasteiger partial charge in [0.05, 0.1) is 5.02 Å². The molecule has 0 spiro atoms. The molecule has 0 aromatic heterocycles. The maximum absolute atomic E-state index is 6.04. The topological polar surface area (TPSA) is 24.1 Å². The minimum absolute atomic E-state index is 0.576. The summed E-state index contributed by atoms with van der Waals surface area (Å²) in [6.07, 6.45) is 0. The number of halogens is 2. The van der Waals surface area contributed by atoms with Gasteiger partial charge in [0.15, 0.2) is 5.11 Å². The van der Waals surface area contributed by atoms with Gasteiger partial charge in [0.2, 0.25) is 0 Å². The average molecular weight is 370 g/mol. The Labute approximate surface area is 137 Å². The summed E-state index contributed by atoms with van der Waals surface area (Å²) in [4.78, 5) is 0. The third-order valence-electron chi connectivity index (χ3n) is 2.88. The zero-order valence-electron chi connectivity index (χ0n) is 10.9. The van der Waals surface area contributed by atoms with Gasteiger partial charge in [-0.15, -0.1) is 0 Å². The van der Waals surface area contributed by atoms with Crippen LogP contribution < -0.4 is 10.6 Å². The van der Waals surface area contributed by atoms with Crippen LogP contribution in [0.15, 0.2) is 46.9 Å². The largest absolute Gasteiger partial charge is 0.358 e. The van der Waals surface area contributed by atoms with E-state index < -0.39 is 0 Å². The summed E-state index contributed by atoms with van der Waals surface area (Å²) in [6.45, 7) is 2.78. The molecule has 2 rings (SSSR count). The molecule has 0 amide bonds. The molecule has 104 valence electrons. The van der Waals surface area contributed by atoms with Gasteiger partial charge in [-0.05, 0) is 64.4 Å². The Kier molecular flexibility index (Phi) is 5.40. The number of nitrogens with one attached hydrogen (secondary N) is 2. The second-order valence-electron chi connectivity index (χ2n) is 4.36. The molecule has 0 heterocycles. The molecule has 20 heavy (non-hydrogen) atoms. The number of rotatable bonds is 3. The van der Waals surface area contributed by atoms with E-state index in [0.29, 0.717) is 16.7 Å². The smallest absolute Gasteiger partial charge is 0.171 e. The average Bonchev–Trinajstić information content (AvgIpc) is 2.42. The minimum Gasteiger partial charge on any atom is -0.358 e. The standard InChI is InChI=1S/C15H14BrClN2S/c1-10-4-2-3-5-11(10)9-18-15(20)19-12-6-7-13(16)14(17)8-12/h2-8H,9H2,1H3,(H2,18,19,20). The highest BCUT2D eigenvalue weighted by Crippen LogP contribution is 2.25. The fourth-order valence-electron chi connectivity index (χ4n) is 1.73. The fraction of sp³-hybridized carbons (Fsp3) is 0.133. The fourth-order valence-corrected chi connectivity index (χ4v) is 2.35. The van der Waals surface area contributed by atoms with Crippen LogP contribution >= 0.6 is 39.7 Å². The van der Waals surface area contributed by atoms with Crippen LogP contribution in [0, 0.1) is 6.92 Å². The second kappa shape index (κ2) is 7.07. The molecule has 0 atom stereocenters. The Morgan fingerprint density at radius 1 is 1.25 bits per heavy atom. The number of hydrogen-bond donors (Lipinski definition) is 2. The van der Waals surface area contributed by atoms with Crippen LogP contribution in [0.1, 0.15) is 11.1 Å². The molecule has 0 radical (unpaired) electrons. The van der Waals surface area contributed by atoms with Crippen molar-refractivity contribution in [1.29, 1.82) is 0 Å². The van der Waals surface area contributed by atoms with E-state index in [4.69, 9.17) is 23.8 Å². The highest BCUT2D eigenvalue weighted by atomic mass is 79.9. The van der Waals surface area contributed by atoms with Gasteiger partial charge in [-0.25, -0.2) is 0 Å². The van der Waals surface area contributed by atoms with E-state index in [1.54, 1.807) is 0 Å². The first-order valence-corrected chi connectivity index (χ1v) is 7.68. The lowest BCUT2D eigenvalue weighted by Gasteiger charge is -2.12. The lowest BCUT2D eigenvalue weighted by molar-refractivity contribution is 0.915. The highest BCUT2D eigenvalue weighted by Gasteiger charge is 2.02. The predicted octanol–water partition coefficient (Wildman–Crippen LogP) is 4.90. The molecule has 0 aliphatic heterocycles. The normalized spacial score (nSPS) is 10.2. The third-order valence-corrected chi connectivity index (χ3v) is 4.36. The molecule has 5 heteroatoms. The van der Waals surface area contributed by atoms with Crippen molar-refractivity contribution in [3.63, 3.8) is 0 Å². The van der Waals surface area contributed by atoms with E-state index in [2.05, 4.69) is 45.6 Å². The number of benzene rings is 2. The number of hydrogen-bond acceptors (Lipinski definition) is 1. The lowest BCUT2D eigenvalue weighted by atomic mass is 10.1. The van der Waals surface area contributed by atoms with Gasteiger partial charge in [-0.1, -0.05) is 35.9 Å². The van der Waals surface area contributed by atoms with Crippen molar-refractivity contribution < 1.29 is 0 Å². The van der Waals surface area contributed by atoms with Crippen LogP contribution in [-0.2, 0) is 6.54 Å². The van der Waals surface area contributed by atoms with Crippen LogP contribution in [0.2, 0.25) is 5.02 Å². The maximum Gasteiger partial charge on any atom is 0.171 e. The molecule has 0 unspecified atom stereocenters. The molecular formula is C15H14BrClN2S. The summed E-state index contributed by atoms with van der Waals surface area (Å²) < 4.78 is 0.864. The Balaban J connectivity index is 1.93. The molecule has 2 N–H and O–H groups in total. The molecule has 0 saturated carbocycles. The summed E-state index contributed by atoms with van der Waals surface area (Å²) >= 11 is 14.7. The summed E-state index contributed by atoms with van der Waals surface area (Å²) in [7, 11) is 0. The zero-order chi connectivity index (χ0) is 14.5. The Bertz CT molecular complexity index is 631. The number of aryl methyl sites for hydroxylation is 1. The Hall–Kier alpha value is -1.10. The van der Waals surface area contributed by atoms with Gasteiger partial charge < -0.3 is 10.6 Å². The second-order valence-corrected chi connectivity index (χ2v) is 6.03. The Morgan fingerprint density at radius 3 is 2.70 bits per heavy atom.